The minimum atomic E-state index is -0.216. The zero-order chi connectivity index (χ0) is 17.3. The van der Waals surface area contributed by atoms with Crippen molar-refractivity contribution in [2.75, 3.05) is 12.4 Å². The number of nitrogens with one attached hydrogen (secondary N) is 1. The Bertz CT molecular complexity index is 924. The number of methoxy groups -OCH3 is 1. The van der Waals surface area contributed by atoms with Crippen LogP contribution in [0.2, 0.25) is 0 Å². The zero-order valence-electron chi connectivity index (χ0n) is 13.8. The van der Waals surface area contributed by atoms with Crippen molar-refractivity contribution in [2.45, 2.75) is 6.92 Å². The molecule has 3 aromatic rings. The number of aryl methyl sites for hydroxylation is 1. The van der Waals surface area contributed by atoms with E-state index in [1.54, 1.807) is 31.4 Å². The number of hydrogen-bond acceptors (Lipinski definition) is 3. The highest BCUT2D eigenvalue weighted by molar-refractivity contribution is 6.07. The summed E-state index contributed by atoms with van der Waals surface area (Å²) in [6, 6.07) is 14.4. The predicted molar refractivity (Wildman–Crippen MR) is 93.9 cm³/mol. The van der Waals surface area contributed by atoms with Crippen LogP contribution in [0, 0.1) is 0 Å². The van der Waals surface area contributed by atoms with Crippen LogP contribution in [0.25, 0.3) is 10.9 Å². The third kappa shape index (κ3) is 2.76. The molecule has 0 bridgehead atoms. The second-order valence-electron chi connectivity index (χ2n) is 5.57. The fourth-order valence-corrected chi connectivity index (χ4v) is 2.75. The van der Waals surface area contributed by atoms with Crippen LogP contribution in [0.4, 0.5) is 5.69 Å². The molecule has 1 aromatic heterocycles. The highest BCUT2D eigenvalue weighted by Gasteiger charge is 2.16. The lowest BCUT2D eigenvalue weighted by atomic mass is 10.1. The van der Waals surface area contributed by atoms with E-state index in [1.165, 1.54) is 6.92 Å². The third-order valence-corrected chi connectivity index (χ3v) is 4.02. The third-order valence-electron chi connectivity index (χ3n) is 4.02. The number of fused-ring (bicyclic) bond motifs is 1. The molecule has 0 unspecified atom stereocenters. The minimum absolute atomic E-state index is 0.00587. The van der Waals surface area contributed by atoms with Gasteiger partial charge >= 0.3 is 0 Å². The Balaban J connectivity index is 1.91. The number of rotatable bonds is 4. The van der Waals surface area contributed by atoms with Gasteiger partial charge in [0, 0.05) is 23.7 Å². The van der Waals surface area contributed by atoms with Gasteiger partial charge in [-0.25, -0.2) is 0 Å². The van der Waals surface area contributed by atoms with Crippen molar-refractivity contribution >= 4 is 28.3 Å². The van der Waals surface area contributed by atoms with Crippen molar-refractivity contribution in [3.8, 4) is 5.75 Å². The van der Waals surface area contributed by atoms with Crippen molar-refractivity contribution in [3.63, 3.8) is 0 Å². The predicted octanol–water partition coefficient (Wildman–Crippen LogP) is 3.64. The van der Waals surface area contributed by atoms with Gasteiger partial charge in [0.2, 0.25) is 0 Å². The molecule has 1 heterocycles. The molecule has 1 N–H and O–H groups in total. The topological polar surface area (TPSA) is 60.3 Å². The molecule has 24 heavy (non-hydrogen) atoms. The van der Waals surface area contributed by atoms with E-state index in [0.29, 0.717) is 16.9 Å². The number of hydrogen-bond donors (Lipinski definition) is 1. The normalized spacial score (nSPS) is 10.6. The van der Waals surface area contributed by atoms with Crippen molar-refractivity contribution < 1.29 is 14.3 Å². The summed E-state index contributed by atoms with van der Waals surface area (Å²) in [5.41, 5.74) is 2.66. The van der Waals surface area contributed by atoms with Crippen LogP contribution in [-0.2, 0) is 7.05 Å². The zero-order valence-corrected chi connectivity index (χ0v) is 13.8. The molecule has 0 aliphatic carbocycles. The number of amides is 1. The van der Waals surface area contributed by atoms with E-state index in [1.807, 2.05) is 35.9 Å². The van der Waals surface area contributed by atoms with Crippen LogP contribution in [0.3, 0.4) is 0 Å². The number of Topliss-reactive ketones (excluding diaryl/α,β-unsaturated/α-hetero) is 1. The smallest absolute Gasteiger partial charge is 0.272 e. The number of benzene rings is 2. The molecule has 122 valence electrons. The summed E-state index contributed by atoms with van der Waals surface area (Å²) in [6.07, 6.45) is 0. The van der Waals surface area contributed by atoms with Crippen molar-refractivity contribution in [1.29, 1.82) is 0 Å². The fraction of sp³-hybridized carbons (Fsp3) is 0.158. The first-order valence-corrected chi connectivity index (χ1v) is 7.56. The average Bonchev–Trinajstić information content (AvgIpc) is 2.92. The summed E-state index contributed by atoms with van der Waals surface area (Å²) in [5, 5.41) is 3.79. The Morgan fingerprint density at radius 3 is 2.42 bits per heavy atom. The standard InChI is InChI=1S/C19H18N2O3/c1-12(22)13-7-9-15(10-8-13)20-19(23)16-11-14-5-4-6-17(24-3)18(14)21(16)2/h4-11H,1-3H3,(H,20,23). The first-order chi connectivity index (χ1) is 11.5. The Morgan fingerprint density at radius 1 is 1.08 bits per heavy atom. The number of aromatic nitrogens is 1. The summed E-state index contributed by atoms with van der Waals surface area (Å²) >= 11 is 0. The van der Waals surface area contributed by atoms with Gasteiger partial charge < -0.3 is 14.6 Å². The van der Waals surface area contributed by atoms with Gasteiger partial charge in [-0.2, -0.15) is 0 Å². The van der Waals surface area contributed by atoms with Crippen LogP contribution < -0.4 is 10.1 Å². The molecule has 0 aliphatic rings. The van der Waals surface area contributed by atoms with Gasteiger partial charge in [-0.1, -0.05) is 12.1 Å². The van der Waals surface area contributed by atoms with Crippen LogP contribution in [0.15, 0.2) is 48.5 Å². The van der Waals surface area contributed by atoms with Crippen molar-refractivity contribution in [1.82, 2.24) is 4.57 Å². The molecule has 0 spiro atoms. The van der Waals surface area contributed by atoms with Gasteiger partial charge in [-0.15, -0.1) is 0 Å². The van der Waals surface area contributed by atoms with Crippen molar-refractivity contribution in [3.05, 3.63) is 59.8 Å². The highest BCUT2D eigenvalue weighted by atomic mass is 16.5. The average molecular weight is 322 g/mol. The molecule has 5 nitrogen and oxygen atoms in total. The number of nitrogens with zero attached hydrogens (tertiary/aromatic N) is 1. The maximum Gasteiger partial charge on any atom is 0.272 e. The molecule has 5 heteroatoms. The molecule has 1 amide bonds. The lowest BCUT2D eigenvalue weighted by Gasteiger charge is -2.08. The van der Waals surface area contributed by atoms with Crippen LogP contribution in [-0.4, -0.2) is 23.4 Å². The maximum absolute atomic E-state index is 12.6. The Hall–Kier alpha value is -3.08. The Morgan fingerprint density at radius 2 is 1.79 bits per heavy atom. The molecule has 0 atom stereocenters. The Labute approximate surface area is 139 Å². The van der Waals surface area contributed by atoms with E-state index in [-0.39, 0.29) is 11.7 Å². The van der Waals surface area contributed by atoms with E-state index >= 15 is 0 Å². The number of anilines is 1. The van der Waals surface area contributed by atoms with Crippen LogP contribution in [0.1, 0.15) is 27.8 Å². The molecule has 3 rings (SSSR count). The fourth-order valence-electron chi connectivity index (χ4n) is 2.75. The number of carbonyl (C=O) groups excluding carboxylic acids is 2. The molecule has 0 fully saturated rings. The van der Waals surface area contributed by atoms with E-state index in [2.05, 4.69) is 5.32 Å². The molecular formula is C19H18N2O3. The van der Waals surface area contributed by atoms with Gasteiger partial charge in [-0.05, 0) is 43.3 Å². The van der Waals surface area contributed by atoms with Crippen LogP contribution >= 0.6 is 0 Å². The first-order valence-electron chi connectivity index (χ1n) is 7.56. The second kappa shape index (κ2) is 6.20. The van der Waals surface area contributed by atoms with E-state index in [9.17, 15) is 9.59 Å². The highest BCUT2D eigenvalue weighted by Crippen LogP contribution is 2.28. The molecule has 0 aliphatic heterocycles. The van der Waals surface area contributed by atoms with E-state index in [4.69, 9.17) is 4.74 Å². The van der Waals surface area contributed by atoms with Gasteiger partial charge in [-0.3, -0.25) is 9.59 Å². The van der Waals surface area contributed by atoms with Gasteiger partial charge in [0.1, 0.15) is 11.4 Å². The Kier molecular flexibility index (Phi) is 4.08. The van der Waals surface area contributed by atoms with E-state index < -0.39 is 0 Å². The second-order valence-corrected chi connectivity index (χ2v) is 5.57. The molecular weight excluding hydrogens is 304 g/mol. The molecule has 2 aromatic carbocycles. The lowest BCUT2D eigenvalue weighted by Crippen LogP contribution is -2.15. The van der Waals surface area contributed by atoms with E-state index in [0.717, 1.165) is 16.7 Å². The SMILES string of the molecule is COc1cccc2cc(C(=O)Nc3ccc(C(C)=O)cc3)n(C)c12. The summed E-state index contributed by atoms with van der Waals surface area (Å²) in [6.45, 7) is 1.51. The largest absolute Gasteiger partial charge is 0.495 e. The number of para-hydroxylation sites is 1. The van der Waals surface area contributed by atoms with Gasteiger partial charge in [0.05, 0.1) is 12.6 Å². The quantitative estimate of drug-likeness (QED) is 0.746. The molecule has 0 radical (unpaired) electrons. The molecule has 0 saturated heterocycles. The summed E-state index contributed by atoms with van der Waals surface area (Å²) in [5.74, 6) is 0.500. The summed E-state index contributed by atoms with van der Waals surface area (Å²) in [4.78, 5) is 23.9. The monoisotopic (exact) mass is 322 g/mol. The number of carbonyl (C=O) groups is 2. The lowest BCUT2D eigenvalue weighted by molar-refractivity contribution is 0.101. The maximum atomic E-state index is 12.6. The van der Waals surface area contributed by atoms with Crippen molar-refractivity contribution in [2.24, 2.45) is 7.05 Å². The van der Waals surface area contributed by atoms with Gasteiger partial charge in [0.25, 0.3) is 5.91 Å². The van der Waals surface area contributed by atoms with Gasteiger partial charge in [0.15, 0.2) is 5.78 Å². The number of ketones is 1. The summed E-state index contributed by atoms with van der Waals surface area (Å²) in [7, 11) is 3.44. The minimum Gasteiger partial charge on any atom is -0.495 e. The number of ether oxygens (including phenoxy) is 1. The first kappa shape index (κ1) is 15.8. The summed E-state index contributed by atoms with van der Waals surface area (Å²) < 4.78 is 7.18. The van der Waals surface area contributed by atoms with Crippen LogP contribution in [0.5, 0.6) is 5.75 Å². The molecule has 0 saturated carbocycles.